The van der Waals surface area contributed by atoms with Crippen LogP contribution in [0.2, 0.25) is 10.0 Å². The van der Waals surface area contributed by atoms with Crippen LogP contribution < -0.4 is 5.32 Å². The molecule has 0 radical (unpaired) electrons. The molecule has 1 amide bonds. The molecule has 0 unspecified atom stereocenters. The third-order valence-electron chi connectivity index (χ3n) is 3.23. The Labute approximate surface area is 157 Å². The number of H-pyrrole nitrogens is 1. The zero-order valence-corrected chi connectivity index (χ0v) is 15.3. The van der Waals surface area contributed by atoms with Crippen molar-refractivity contribution in [2.24, 2.45) is 0 Å². The number of anilines is 1. The van der Waals surface area contributed by atoms with Crippen LogP contribution >= 0.6 is 46.8 Å². The van der Waals surface area contributed by atoms with Crippen molar-refractivity contribution in [1.82, 2.24) is 9.97 Å². The Kier molecular flexibility index (Phi) is 5.30. The smallest absolute Gasteiger partial charge is 0.260 e. The highest BCUT2D eigenvalue weighted by Gasteiger charge is 2.12. The zero-order valence-electron chi connectivity index (χ0n) is 12.2. The standard InChI is InChI=1S/C16H11Cl2N3OS2/c17-12-5-1-3-9(13(12)18)7-10-8-20-16(24-10)21-14(22)11-4-2-6-19-15(11)23/h1-6,8H,7H2,(H,19,23)(H,20,21,22). The van der Waals surface area contributed by atoms with Gasteiger partial charge < -0.3 is 4.98 Å². The Morgan fingerprint density at radius 2 is 2.12 bits per heavy atom. The first kappa shape index (κ1) is 17.1. The van der Waals surface area contributed by atoms with Gasteiger partial charge >= 0.3 is 0 Å². The maximum absolute atomic E-state index is 12.2. The van der Waals surface area contributed by atoms with Gasteiger partial charge in [-0.2, -0.15) is 0 Å². The highest BCUT2D eigenvalue weighted by atomic mass is 35.5. The highest BCUT2D eigenvalue weighted by molar-refractivity contribution is 7.71. The molecule has 1 aromatic carbocycles. The summed E-state index contributed by atoms with van der Waals surface area (Å²) < 4.78 is 0.387. The number of carbonyl (C=O) groups is 1. The van der Waals surface area contributed by atoms with Gasteiger partial charge in [-0.15, -0.1) is 11.3 Å². The van der Waals surface area contributed by atoms with Crippen LogP contribution in [-0.2, 0) is 6.42 Å². The summed E-state index contributed by atoms with van der Waals surface area (Å²) in [6.07, 6.45) is 3.98. The third kappa shape index (κ3) is 3.84. The van der Waals surface area contributed by atoms with Gasteiger partial charge in [0.1, 0.15) is 4.64 Å². The van der Waals surface area contributed by atoms with E-state index in [1.54, 1.807) is 30.6 Å². The van der Waals surface area contributed by atoms with E-state index in [0.717, 1.165) is 10.4 Å². The summed E-state index contributed by atoms with van der Waals surface area (Å²) in [4.78, 5) is 20.2. The Hall–Kier alpha value is -1.73. The number of aromatic nitrogens is 2. The molecule has 0 atom stereocenters. The van der Waals surface area contributed by atoms with E-state index in [9.17, 15) is 4.79 Å². The minimum absolute atomic E-state index is 0.293. The van der Waals surface area contributed by atoms with E-state index < -0.39 is 0 Å². The topological polar surface area (TPSA) is 57.8 Å². The molecule has 8 heteroatoms. The molecule has 2 heterocycles. The van der Waals surface area contributed by atoms with Gasteiger partial charge in [0.15, 0.2) is 5.13 Å². The fourth-order valence-electron chi connectivity index (χ4n) is 2.08. The molecule has 2 aromatic heterocycles. The van der Waals surface area contributed by atoms with Crippen molar-refractivity contribution in [3.63, 3.8) is 0 Å². The van der Waals surface area contributed by atoms with Crippen molar-refractivity contribution in [1.29, 1.82) is 0 Å². The molecule has 3 rings (SSSR count). The zero-order chi connectivity index (χ0) is 17.1. The van der Waals surface area contributed by atoms with E-state index in [1.807, 2.05) is 12.1 Å². The molecule has 122 valence electrons. The summed E-state index contributed by atoms with van der Waals surface area (Å²) in [6.45, 7) is 0. The number of nitrogens with one attached hydrogen (secondary N) is 2. The minimum Gasteiger partial charge on any atom is -0.352 e. The van der Waals surface area contributed by atoms with Crippen LogP contribution in [0.5, 0.6) is 0 Å². The molecule has 0 bridgehead atoms. The number of rotatable bonds is 4. The van der Waals surface area contributed by atoms with Gasteiger partial charge in [-0.05, 0) is 23.8 Å². The van der Waals surface area contributed by atoms with E-state index in [0.29, 0.717) is 31.8 Å². The molecule has 0 aliphatic heterocycles. The molecule has 0 aliphatic carbocycles. The summed E-state index contributed by atoms with van der Waals surface area (Å²) in [5.41, 5.74) is 1.32. The SMILES string of the molecule is O=C(Nc1ncc(Cc2cccc(Cl)c2Cl)s1)c1ccc[nH]c1=S. The molecule has 0 saturated carbocycles. The molecule has 24 heavy (non-hydrogen) atoms. The average molecular weight is 396 g/mol. The van der Waals surface area contributed by atoms with Crippen LogP contribution in [0, 0.1) is 4.64 Å². The highest BCUT2D eigenvalue weighted by Crippen LogP contribution is 2.29. The van der Waals surface area contributed by atoms with Crippen molar-refractivity contribution in [3.05, 3.63) is 73.4 Å². The van der Waals surface area contributed by atoms with Crippen LogP contribution in [0.1, 0.15) is 20.8 Å². The Morgan fingerprint density at radius 3 is 2.92 bits per heavy atom. The van der Waals surface area contributed by atoms with Crippen molar-refractivity contribution in [2.75, 3.05) is 5.32 Å². The molecule has 0 spiro atoms. The van der Waals surface area contributed by atoms with Gasteiger partial charge in [0.25, 0.3) is 5.91 Å². The second-order valence-corrected chi connectivity index (χ2v) is 7.20. The summed E-state index contributed by atoms with van der Waals surface area (Å²) in [5, 5.41) is 4.31. The summed E-state index contributed by atoms with van der Waals surface area (Å²) in [5.74, 6) is -0.293. The van der Waals surface area contributed by atoms with Crippen LogP contribution in [-0.4, -0.2) is 15.9 Å². The second-order valence-electron chi connectivity index (χ2n) is 4.89. The van der Waals surface area contributed by atoms with Gasteiger partial charge in [0.05, 0.1) is 15.6 Å². The van der Waals surface area contributed by atoms with Gasteiger partial charge in [0.2, 0.25) is 0 Å². The van der Waals surface area contributed by atoms with E-state index >= 15 is 0 Å². The lowest BCUT2D eigenvalue weighted by molar-refractivity contribution is 0.102. The molecule has 0 aliphatic rings. The number of carbonyl (C=O) groups excluding carboxylic acids is 1. The average Bonchev–Trinajstić information content (AvgIpc) is 2.99. The third-order valence-corrected chi connectivity index (χ3v) is 5.34. The number of nitrogens with zero attached hydrogens (tertiary/aromatic N) is 1. The number of hydrogen-bond donors (Lipinski definition) is 2. The summed E-state index contributed by atoms with van der Waals surface area (Å²) in [6, 6.07) is 8.89. The van der Waals surface area contributed by atoms with Crippen LogP contribution in [0.25, 0.3) is 0 Å². The number of amides is 1. The number of pyridine rings is 1. The van der Waals surface area contributed by atoms with E-state index in [4.69, 9.17) is 35.4 Å². The first-order chi connectivity index (χ1) is 11.5. The number of hydrogen-bond acceptors (Lipinski definition) is 4. The fourth-order valence-corrected chi connectivity index (χ4v) is 3.53. The van der Waals surface area contributed by atoms with Gasteiger partial charge in [-0.3, -0.25) is 10.1 Å². The Morgan fingerprint density at radius 1 is 1.29 bits per heavy atom. The van der Waals surface area contributed by atoms with E-state index in [2.05, 4.69) is 15.3 Å². The monoisotopic (exact) mass is 395 g/mol. The van der Waals surface area contributed by atoms with Crippen molar-refractivity contribution >= 4 is 57.8 Å². The van der Waals surface area contributed by atoms with Crippen molar-refractivity contribution in [3.8, 4) is 0 Å². The van der Waals surface area contributed by atoms with Crippen LogP contribution in [0.3, 0.4) is 0 Å². The molecule has 0 fully saturated rings. The first-order valence-electron chi connectivity index (χ1n) is 6.91. The van der Waals surface area contributed by atoms with Gasteiger partial charge in [-0.25, -0.2) is 4.98 Å². The molecule has 0 saturated heterocycles. The fraction of sp³-hybridized carbons (Fsp3) is 0.0625. The summed E-state index contributed by atoms with van der Waals surface area (Å²) >= 11 is 18.7. The molecular formula is C16H11Cl2N3OS2. The maximum Gasteiger partial charge on any atom is 0.260 e. The Balaban J connectivity index is 1.74. The summed E-state index contributed by atoms with van der Waals surface area (Å²) in [7, 11) is 0. The van der Waals surface area contributed by atoms with E-state index in [1.165, 1.54) is 11.3 Å². The maximum atomic E-state index is 12.2. The lowest BCUT2D eigenvalue weighted by Gasteiger charge is -2.03. The molecule has 2 N–H and O–H groups in total. The van der Waals surface area contributed by atoms with Crippen LogP contribution in [0.4, 0.5) is 5.13 Å². The largest absolute Gasteiger partial charge is 0.352 e. The molecule has 3 aromatic rings. The minimum atomic E-state index is -0.293. The second kappa shape index (κ2) is 7.44. The van der Waals surface area contributed by atoms with Crippen molar-refractivity contribution in [2.45, 2.75) is 6.42 Å². The lowest BCUT2D eigenvalue weighted by atomic mass is 10.1. The lowest BCUT2D eigenvalue weighted by Crippen LogP contribution is -2.12. The molecular weight excluding hydrogens is 385 g/mol. The number of benzene rings is 1. The molecule has 4 nitrogen and oxygen atoms in total. The number of thiazole rings is 1. The quantitative estimate of drug-likeness (QED) is 0.585. The Bertz CT molecular complexity index is 952. The van der Waals surface area contributed by atoms with E-state index in [-0.39, 0.29) is 5.91 Å². The van der Waals surface area contributed by atoms with Gasteiger partial charge in [-0.1, -0.05) is 47.6 Å². The van der Waals surface area contributed by atoms with Crippen molar-refractivity contribution < 1.29 is 4.79 Å². The normalized spacial score (nSPS) is 10.6. The predicted octanol–water partition coefficient (Wildman–Crippen LogP) is 5.35. The van der Waals surface area contributed by atoms with Crippen LogP contribution in [0.15, 0.2) is 42.7 Å². The number of halogens is 2. The first-order valence-corrected chi connectivity index (χ1v) is 8.89. The predicted molar refractivity (Wildman–Crippen MR) is 101 cm³/mol. The number of aromatic amines is 1. The van der Waals surface area contributed by atoms with Gasteiger partial charge in [0, 0.05) is 23.7 Å².